The molecule has 1 N–H and O–H groups in total. The van der Waals surface area contributed by atoms with Crippen molar-refractivity contribution < 1.29 is 9.72 Å². The highest BCUT2D eigenvalue weighted by molar-refractivity contribution is 6.30. The van der Waals surface area contributed by atoms with Crippen LogP contribution >= 0.6 is 11.6 Å². The molecule has 10 heteroatoms. The van der Waals surface area contributed by atoms with Gasteiger partial charge in [0.2, 0.25) is 0 Å². The van der Waals surface area contributed by atoms with Gasteiger partial charge in [-0.3, -0.25) is 9.48 Å². The Balaban J connectivity index is 1.72. The van der Waals surface area contributed by atoms with Crippen molar-refractivity contribution >= 4 is 29.1 Å². The number of amides is 1. The molecule has 2 heterocycles. The maximum atomic E-state index is 12.6. The number of hydrogen-bond acceptors (Lipinski definition) is 5. The van der Waals surface area contributed by atoms with Crippen LogP contribution in [0.3, 0.4) is 0 Å². The zero-order valence-electron chi connectivity index (χ0n) is 15.6. The molecular weight excluding hydrogens is 384 g/mol. The molecule has 0 aliphatic heterocycles. The van der Waals surface area contributed by atoms with E-state index < -0.39 is 11.0 Å². The summed E-state index contributed by atoms with van der Waals surface area (Å²) < 4.78 is 3.10. The number of rotatable bonds is 6. The van der Waals surface area contributed by atoms with E-state index in [0.717, 1.165) is 11.3 Å². The van der Waals surface area contributed by atoms with Crippen LogP contribution in [0.1, 0.15) is 29.9 Å². The van der Waals surface area contributed by atoms with E-state index in [0.29, 0.717) is 23.1 Å². The summed E-state index contributed by atoms with van der Waals surface area (Å²) in [6.07, 6.45) is 0. The number of aryl methyl sites for hydroxylation is 2. The Morgan fingerprint density at radius 1 is 1.21 bits per heavy atom. The number of carbonyl (C=O) groups excluding carboxylic acids is 1. The predicted octanol–water partition coefficient (Wildman–Crippen LogP) is 3.51. The molecule has 1 amide bonds. The lowest BCUT2D eigenvalue weighted by Crippen LogP contribution is -2.25. The van der Waals surface area contributed by atoms with E-state index >= 15 is 0 Å². The van der Waals surface area contributed by atoms with Crippen molar-refractivity contribution in [1.29, 1.82) is 0 Å². The molecule has 2 aromatic heterocycles. The molecule has 9 nitrogen and oxygen atoms in total. The normalized spacial score (nSPS) is 12.0. The number of nitrogens with one attached hydrogen (secondary N) is 1. The van der Waals surface area contributed by atoms with Gasteiger partial charge in [-0.15, -0.1) is 0 Å². The van der Waals surface area contributed by atoms with Crippen LogP contribution in [-0.4, -0.2) is 30.4 Å². The van der Waals surface area contributed by atoms with E-state index in [2.05, 4.69) is 15.5 Å². The maximum absolute atomic E-state index is 12.6. The average Bonchev–Trinajstić information content (AvgIpc) is 3.19. The van der Waals surface area contributed by atoms with Crippen LogP contribution in [0.4, 0.5) is 11.6 Å². The first-order valence-corrected chi connectivity index (χ1v) is 8.92. The van der Waals surface area contributed by atoms with Crippen molar-refractivity contribution in [1.82, 2.24) is 19.6 Å². The SMILES string of the molecule is Cc1cc(NC(=O)C(C)n2nc([N+](=O)[O-])cc2C)nn1Cc1ccc(Cl)cc1. The summed E-state index contributed by atoms with van der Waals surface area (Å²) in [5.41, 5.74) is 2.43. The fourth-order valence-corrected chi connectivity index (χ4v) is 2.91. The Bertz CT molecular complexity index is 1020. The Kier molecular flexibility index (Phi) is 5.46. The van der Waals surface area contributed by atoms with Gasteiger partial charge in [-0.05, 0) is 43.4 Å². The molecule has 3 rings (SSSR count). The van der Waals surface area contributed by atoms with Gasteiger partial charge in [-0.2, -0.15) is 9.78 Å². The molecule has 0 saturated heterocycles. The first kappa shape index (κ1) is 19.6. The van der Waals surface area contributed by atoms with Crippen LogP contribution in [0.5, 0.6) is 0 Å². The van der Waals surface area contributed by atoms with Gasteiger partial charge in [0, 0.05) is 16.8 Å². The van der Waals surface area contributed by atoms with Crippen LogP contribution in [0.25, 0.3) is 0 Å². The van der Waals surface area contributed by atoms with Crippen molar-refractivity contribution in [2.75, 3.05) is 5.32 Å². The molecule has 0 radical (unpaired) electrons. The summed E-state index contributed by atoms with van der Waals surface area (Å²) >= 11 is 5.90. The van der Waals surface area contributed by atoms with Crippen molar-refractivity contribution in [2.45, 2.75) is 33.4 Å². The minimum Gasteiger partial charge on any atom is -0.358 e. The molecule has 146 valence electrons. The van der Waals surface area contributed by atoms with Gasteiger partial charge in [-0.1, -0.05) is 23.7 Å². The molecule has 1 atom stereocenters. The first-order valence-electron chi connectivity index (χ1n) is 8.55. The zero-order chi connectivity index (χ0) is 20.4. The van der Waals surface area contributed by atoms with E-state index in [9.17, 15) is 14.9 Å². The molecule has 0 saturated carbocycles. The number of carbonyl (C=O) groups is 1. The minimum absolute atomic E-state index is 0.291. The van der Waals surface area contributed by atoms with Gasteiger partial charge in [0.1, 0.15) is 6.04 Å². The van der Waals surface area contributed by atoms with Gasteiger partial charge in [0.15, 0.2) is 5.82 Å². The Morgan fingerprint density at radius 2 is 1.89 bits per heavy atom. The van der Waals surface area contributed by atoms with Gasteiger partial charge in [-0.25, -0.2) is 0 Å². The first-order chi connectivity index (χ1) is 13.2. The average molecular weight is 403 g/mol. The molecule has 1 unspecified atom stereocenters. The van der Waals surface area contributed by atoms with E-state index in [1.165, 1.54) is 10.7 Å². The van der Waals surface area contributed by atoms with E-state index in [4.69, 9.17) is 11.6 Å². The van der Waals surface area contributed by atoms with Gasteiger partial charge < -0.3 is 15.4 Å². The van der Waals surface area contributed by atoms with Crippen molar-refractivity contribution in [3.8, 4) is 0 Å². The fraction of sp³-hybridized carbons (Fsp3) is 0.278. The maximum Gasteiger partial charge on any atom is 0.390 e. The molecule has 0 aliphatic rings. The van der Waals surface area contributed by atoms with Crippen LogP contribution in [0.15, 0.2) is 36.4 Å². The summed E-state index contributed by atoms with van der Waals surface area (Å²) in [6.45, 7) is 5.72. The lowest BCUT2D eigenvalue weighted by molar-refractivity contribution is -0.389. The Hall–Kier alpha value is -3.20. The molecule has 0 spiro atoms. The predicted molar refractivity (Wildman–Crippen MR) is 104 cm³/mol. The summed E-state index contributed by atoms with van der Waals surface area (Å²) in [6, 6.07) is 9.81. The van der Waals surface area contributed by atoms with E-state index in [1.54, 1.807) is 24.6 Å². The third kappa shape index (κ3) is 4.20. The summed E-state index contributed by atoms with van der Waals surface area (Å²) in [5.74, 6) is -0.250. The number of nitro groups is 1. The van der Waals surface area contributed by atoms with Crippen molar-refractivity contribution in [2.24, 2.45) is 0 Å². The van der Waals surface area contributed by atoms with Crippen LogP contribution < -0.4 is 5.32 Å². The number of benzene rings is 1. The summed E-state index contributed by atoms with van der Waals surface area (Å²) in [4.78, 5) is 22.8. The smallest absolute Gasteiger partial charge is 0.358 e. The third-order valence-electron chi connectivity index (χ3n) is 4.32. The number of anilines is 1. The largest absolute Gasteiger partial charge is 0.390 e. The number of aromatic nitrogens is 4. The molecular formula is C18H19ClN6O3. The van der Waals surface area contributed by atoms with Crippen LogP contribution in [0, 0.1) is 24.0 Å². The second-order valence-corrected chi connectivity index (χ2v) is 6.90. The number of halogens is 1. The third-order valence-corrected chi connectivity index (χ3v) is 4.57. The van der Waals surface area contributed by atoms with E-state index in [-0.39, 0.29) is 11.7 Å². The topological polar surface area (TPSA) is 108 Å². The lowest BCUT2D eigenvalue weighted by atomic mass is 10.2. The molecule has 1 aromatic carbocycles. The molecule has 0 bridgehead atoms. The van der Waals surface area contributed by atoms with E-state index in [1.807, 2.05) is 31.2 Å². The minimum atomic E-state index is -0.726. The highest BCUT2D eigenvalue weighted by Crippen LogP contribution is 2.18. The Morgan fingerprint density at radius 3 is 2.50 bits per heavy atom. The molecule has 3 aromatic rings. The zero-order valence-corrected chi connectivity index (χ0v) is 16.3. The summed E-state index contributed by atoms with van der Waals surface area (Å²) in [5, 5.41) is 22.6. The highest BCUT2D eigenvalue weighted by atomic mass is 35.5. The van der Waals surface area contributed by atoms with Gasteiger partial charge in [0.25, 0.3) is 5.91 Å². The second kappa shape index (κ2) is 7.81. The van der Waals surface area contributed by atoms with Crippen molar-refractivity contribution in [3.05, 3.63) is 68.5 Å². The summed E-state index contributed by atoms with van der Waals surface area (Å²) in [7, 11) is 0. The molecule has 28 heavy (non-hydrogen) atoms. The second-order valence-electron chi connectivity index (χ2n) is 6.47. The number of hydrogen-bond donors (Lipinski definition) is 1. The fourth-order valence-electron chi connectivity index (χ4n) is 2.79. The number of nitrogens with zero attached hydrogens (tertiary/aromatic N) is 5. The lowest BCUT2D eigenvalue weighted by Gasteiger charge is -2.10. The Labute approximate surface area is 166 Å². The quantitative estimate of drug-likeness (QED) is 0.501. The van der Waals surface area contributed by atoms with Gasteiger partial charge in [0.05, 0.1) is 23.4 Å². The monoisotopic (exact) mass is 402 g/mol. The molecule has 0 fully saturated rings. The van der Waals surface area contributed by atoms with Gasteiger partial charge >= 0.3 is 5.82 Å². The van der Waals surface area contributed by atoms with Crippen LogP contribution in [-0.2, 0) is 11.3 Å². The van der Waals surface area contributed by atoms with Crippen molar-refractivity contribution in [3.63, 3.8) is 0 Å². The van der Waals surface area contributed by atoms with Crippen LogP contribution in [0.2, 0.25) is 5.02 Å². The molecule has 0 aliphatic carbocycles. The standard InChI is InChI=1S/C18H19ClN6O3/c1-11-8-16(21-23(11)10-14-4-6-15(19)7-5-14)20-18(26)13(3)24-12(2)9-17(22-24)25(27)28/h4-9,13H,10H2,1-3H3,(H,20,21,26). The highest BCUT2D eigenvalue weighted by Gasteiger charge is 2.25.